The number of nitrogens with one attached hydrogen (secondary N) is 3. The molecule has 0 radical (unpaired) electrons. The Morgan fingerprint density at radius 1 is 0.938 bits per heavy atom. The molecule has 0 spiro atoms. The van der Waals surface area contributed by atoms with Gasteiger partial charge in [-0.25, -0.2) is 13.4 Å². The molecule has 0 saturated carbocycles. The largest absolute Gasteiger partial charge is 0.494 e. The van der Waals surface area contributed by atoms with Crippen LogP contribution in [0.4, 0.5) is 23.1 Å². The number of anilines is 4. The molecule has 9 heteroatoms. The first kappa shape index (κ1) is 23.3. The van der Waals surface area contributed by atoms with Crippen LogP contribution < -0.4 is 20.1 Å². The number of hydrogen-bond acceptors (Lipinski definition) is 7. The van der Waals surface area contributed by atoms with Crippen molar-refractivity contribution in [1.82, 2.24) is 9.97 Å². The summed E-state index contributed by atoms with van der Waals surface area (Å²) in [5.74, 6) is 1.87. The van der Waals surface area contributed by atoms with Gasteiger partial charge in [0, 0.05) is 29.7 Å². The highest BCUT2D eigenvalue weighted by Gasteiger charge is 2.14. The van der Waals surface area contributed by atoms with E-state index in [2.05, 4.69) is 32.2 Å². The Bertz CT molecular complexity index is 1120. The summed E-state index contributed by atoms with van der Waals surface area (Å²) in [5.41, 5.74) is 2.04. The molecule has 0 aliphatic carbocycles. The van der Waals surface area contributed by atoms with Crippen LogP contribution in [0.2, 0.25) is 0 Å². The first-order chi connectivity index (χ1) is 15.4. The normalized spacial score (nSPS) is 11.1. The lowest BCUT2D eigenvalue weighted by atomic mass is 10.3. The molecule has 170 valence electrons. The topological polar surface area (TPSA) is 105 Å². The number of aryl methyl sites for hydroxylation is 1. The van der Waals surface area contributed by atoms with E-state index in [1.807, 2.05) is 19.9 Å². The minimum Gasteiger partial charge on any atom is -0.494 e. The molecule has 3 N–H and O–H groups in total. The lowest BCUT2D eigenvalue weighted by Gasteiger charge is -2.11. The molecule has 8 nitrogen and oxygen atoms in total. The standard InChI is InChI=1S/C23H29N5O3S/c1-4-6-15-31-20-11-13-21(14-12-20)32(29,30)28-19-9-7-18(8-10-19)26-23-25-17(3)16-22(27-23)24-5-2/h7-14,16,28H,4-6,15H2,1-3H3,(H2,24,25,26,27). The molecule has 0 fully saturated rings. The average Bonchev–Trinajstić information content (AvgIpc) is 2.75. The highest BCUT2D eigenvalue weighted by Crippen LogP contribution is 2.22. The van der Waals surface area contributed by atoms with Crippen LogP contribution in [-0.4, -0.2) is 31.5 Å². The SMILES string of the molecule is CCCCOc1ccc(S(=O)(=O)Nc2ccc(Nc3nc(C)cc(NCC)n3)cc2)cc1. The molecule has 0 saturated heterocycles. The zero-order valence-electron chi connectivity index (χ0n) is 18.6. The number of sulfonamides is 1. The lowest BCUT2D eigenvalue weighted by Crippen LogP contribution is -2.13. The van der Waals surface area contributed by atoms with Gasteiger partial charge in [0.2, 0.25) is 5.95 Å². The van der Waals surface area contributed by atoms with Crippen molar-refractivity contribution in [3.8, 4) is 5.75 Å². The van der Waals surface area contributed by atoms with Crippen LogP contribution >= 0.6 is 0 Å². The Balaban J connectivity index is 1.64. The Morgan fingerprint density at radius 2 is 1.62 bits per heavy atom. The van der Waals surface area contributed by atoms with Crippen molar-refractivity contribution in [2.24, 2.45) is 0 Å². The van der Waals surface area contributed by atoms with Crippen molar-refractivity contribution in [3.63, 3.8) is 0 Å². The van der Waals surface area contributed by atoms with E-state index in [1.165, 1.54) is 12.1 Å². The van der Waals surface area contributed by atoms with E-state index in [-0.39, 0.29) is 4.90 Å². The van der Waals surface area contributed by atoms with Crippen LogP contribution in [-0.2, 0) is 10.0 Å². The monoisotopic (exact) mass is 455 g/mol. The minimum absolute atomic E-state index is 0.173. The highest BCUT2D eigenvalue weighted by atomic mass is 32.2. The summed E-state index contributed by atoms with van der Waals surface area (Å²) >= 11 is 0. The van der Waals surface area contributed by atoms with Gasteiger partial charge in [0.1, 0.15) is 11.6 Å². The van der Waals surface area contributed by atoms with E-state index < -0.39 is 10.0 Å². The van der Waals surface area contributed by atoms with Gasteiger partial charge in [0.15, 0.2) is 0 Å². The molecule has 2 aromatic carbocycles. The summed E-state index contributed by atoms with van der Waals surface area (Å²) in [7, 11) is -3.70. The zero-order chi connectivity index (χ0) is 23.0. The van der Waals surface area contributed by atoms with Crippen LogP contribution in [0.3, 0.4) is 0 Å². The Labute approximate surface area is 189 Å². The maximum absolute atomic E-state index is 12.7. The molecule has 1 heterocycles. The van der Waals surface area contributed by atoms with Crippen molar-refractivity contribution in [2.75, 3.05) is 28.5 Å². The molecule has 0 unspecified atom stereocenters. The second kappa shape index (κ2) is 10.8. The van der Waals surface area contributed by atoms with Crippen molar-refractivity contribution in [2.45, 2.75) is 38.5 Å². The number of hydrogen-bond donors (Lipinski definition) is 3. The number of benzene rings is 2. The molecule has 0 atom stereocenters. The van der Waals surface area contributed by atoms with Gasteiger partial charge in [-0.1, -0.05) is 13.3 Å². The van der Waals surface area contributed by atoms with E-state index in [0.717, 1.165) is 36.6 Å². The predicted octanol–water partition coefficient (Wildman–Crippen LogP) is 4.94. The second-order valence-corrected chi connectivity index (χ2v) is 8.91. The van der Waals surface area contributed by atoms with E-state index in [0.29, 0.717) is 24.0 Å². The van der Waals surface area contributed by atoms with Crippen LogP contribution in [0.1, 0.15) is 32.4 Å². The van der Waals surface area contributed by atoms with Gasteiger partial charge in [0.25, 0.3) is 10.0 Å². The molecule has 3 aromatic rings. The van der Waals surface area contributed by atoms with E-state index in [9.17, 15) is 8.42 Å². The molecule has 0 aliphatic rings. The van der Waals surface area contributed by atoms with Crippen molar-refractivity contribution in [3.05, 3.63) is 60.3 Å². The summed E-state index contributed by atoms with van der Waals surface area (Å²) in [6.45, 7) is 7.37. The van der Waals surface area contributed by atoms with Gasteiger partial charge in [-0.2, -0.15) is 4.98 Å². The van der Waals surface area contributed by atoms with Crippen molar-refractivity contribution < 1.29 is 13.2 Å². The van der Waals surface area contributed by atoms with Crippen LogP contribution in [0.5, 0.6) is 5.75 Å². The van der Waals surface area contributed by atoms with Crippen LogP contribution in [0.25, 0.3) is 0 Å². The molecule has 32 heavy (non-hydrogen) atoms. The highest BCUT2D eigenvalue weighted by molar-refractivity contribution is 7.92. The van der Waals surface area contributed by atoms with Crippen molar-refractivity contribution >= 4 is 33.2 Å². The minimum atomic E-state index is -3.70. The molecule has 0 bridgehead atoms. The first-order valence-corrected chi connectivity index (χ1v) is 12.1. The maximum Gasteiger partial charge on any atom is 0.261 e. The van der Waals surface area contributed by atoms with Gasteiger partial charge in [-0.3, -0.25) is 4.72 Å². The number of aromatic nitrogens is 2. The molecular weight excluding hydrogens is 426 g/mol. The third-order valence-electron chi connectivity index (χ3n) is 4.51. The van der Waals surface area contributed by atoms with E-state index in [4.69, 9.17) is 4.74 Å². The number of rotatable bonds is 11. The van der Waals surface area contributed by atoms with Crippen molar-refractivity contribution in [1.29, 1.82) is 0 Å². The fraction of sp³-hybridized carbons (Fsp3) is 0.304. The van der Waals surface area contributed by atoms with E-state index in [1.54, 1.807) is 36.4 Å². The summed E-state index contributed by atoms with van der Waals surface area (Å²) in [4.78, 5) is 8.97. The summed E-state index contributed by atoms with van der Waals surface area (Å²) in [6, 6.07) is 15.2. The van der Waals surface area contributed by atoms with Gasteiger partial charge in [-0.05, 0) is 68.8 Å². The lowest BCUT2D eigenvalue weighted by molar-refractivity contribution is 0.309. The molecule has 1 aromatic heterocycles. The van der Waals surface area contributed by atoms with Crippen LogP contribution in [0, 0.1) is 6.92 Å². The summed E-state index contributed by atoms with van der Waals surface area (Å²) < 4.78 is 33.6. The molecular formula is C23H29N5O3S. The fourth-order valence-electron chi connectivity index (χ4n) is 2.91. The smallest absolute Gasteiger partial charge is 0.261 e. The zero-order valence-corrected chi connectivity index (χ0v) is 19.4. The van der Waals surface area contributed by atoms with Gasteiger partial charge < -0.3 is 15.4 Å². The number of nitrogens with zero attached hydrogens (tertiary/aromatic N) is 2. The molecule has 0 aliphatic heterocycles. The fourth-order valence-corrected chi connectivity index (χ4v) is 3.97. The van der Waals surface area contributed by atoms with Gasteiger partial charge in [0.05, 0.1) is 11.5 Å². The first-order valence-electron chi connectivity index (χ1n) is 10.6. The summed E-state index contributed by atoms with van der Waals surface area (Å²) in [6.07, 6.45) is 2.00. The molecule has 3 rings (SSSR count). The Hall–Kier alpha value is -3.33. The second-order valence-electron chi connectivity index (χ2n) is 7.23. The molecule has 0 amide bonds. The predicted molar refractivity (Wildman–Crippen MR) is 128 cm³/mol. The number of ether oxygens (including phenoxy) is 1. The average molecular weight is 456 g/mol. The van der Waals surface area contributed by atoms with Gasteiger partial charge in [-0.15, -0.1) is 0 Å². The van der Waals surface area contributed by atoms with Crippen LogP contribution in [0.15, 0.2) is 59.5 Å². The quantitative estimate of drug-likeness (QED) is 0.352. The Kier molecular flexibility index (Phi) is 7.88. The third kappa shape index (κ3) is 6.58. The summed E-state index contributed by atoms with van der Waals surface area (Å²) in [5, 5.41) is 6.30. The van der Waals surface area contributed by atoms with Gasteiger partial charge >= 0.3 is 0 Å². The third-order valence-corrected chi connectivity index (χ3v) is 5.90. The number of unbranched alkanes of at least 4 members (excludes halogenated alkanes) is 1. The Morgan fingerprint density at radius 3 is 2.28 bits per heavy atom. The van der Waals surface area contributed by atoms with E-state index >= 15 is 0 Å². The maximum atomic E-state index is 12.7.